The first-order valence-corrected chi connectivity index (χ1v) is 11.4. The number of hydrogen-bond donors (Lipinski definition) is 2. The van der Waals surface area contributed by atoms with Crippen molar-refractivity contribution in [3.8, 4) is 11.3 Å². The van der Waals surface area contributed by atoms with Crippen molar-refractivity contribution in [3.05, 3.63) is 77.0 Å². The number of amides is 1. The van der Waals surface area contributed by atoms with Gasteiger partial charge in [-0.3, -0.25) is 9.78 Å². The Balaban J connectivity index is 2.10. The van der Waals surface area contributed by atoms with Gasteiger partial charge in [0.05, 0.1) is 16.2 Å². The maximum atomic E-state index is 13.1. The molecule has 0 aliphatic heterocycles. The fourth-order valence-corrected chi connectivity index (χ4v) is 4.28. The summed E-state index contributed by atoms with van der Waals surface area (Å²) in [5, 5.41) is 0. The lowest BCUT2D eigenvalue weighted by atomic mass is 9.90. The number of pyridine rings is 1. The van der Waals surface area contributed by atoms with Crippen LogP contribution < -0.4 is 10.5 Å². The first kappa shape index (κ1) is 22.5. The van der Waals surface area contributed by atoms with Crippen LogP contribution in [0, 0.1) is 13.8 Å². The van der Waals surface area contributed by atoms with Gasteiger partial charge in [-0.2, -0.15) is 0 Å². The summed E-state index contributed by atoms with van der Waals surface area (Å²) in [6.45, 7) is 10.0. The van der Waals surface area contributed by atoms with Crippen LogP contribution in [-0.2, 0) is 15.4 Å². The second kappa shape index (κ2) is 8.15. The Hall–Kier alpha value is -3.19. The molecule has 0 spiro atoms. The van der Waals surface area contributed by atoms with Gasteiger partial charge in [0.1, 0.15) is 0 Å². The molecule has 2 aromatic carbocycles. The average molecular weight is 438 g/mol. The summed E-state index contributed by atoms with van der Waals surface area (Å²) in [4.78, 5) is 17.8. The van der Waals surface area contributed by atoms with Crippen LogP contribution in [0.1, 0.15) is 48.0 Å². The second-order valence-corrected chi connectivity index (χ2v) is 10.4. The third kappa shape index (κ3) is 4.94. The second-order valence-electron chi connectivity index (χ2n) is 8.67. The number of sulfonamides is 1. The number of aromatic nitrogens is 1. The molecule has 0 fully saturated rings. The zero-order valence-electron chi connectivity index (χ0n) is 18.4. The Bertz CT molecular complexity index is 1260. The number of benzene rings is 2. The van der Waals surface area contributed by atoms with E-state index in [0.29, 0.717) is 11.4 Å². The van der Waals surface area contributed by atoms with E-state index in [2.05, 4.69) is 4.72 Å². The summed E-state index contributed by atoms with van der Waals surface area (Å²) in [6, 6.07) is 15.0. The first-order chi connectivity index (χ1) is 14.4. The highest BCUT2D eigenvalue weighted by atomic mass is 32.2. The number of rotatable bonds is 4. The van der Waals surface area contributed by atoms with Gasteiger partial charge in [0.15, 0.2) is 0 Å². The molecule has 0 atom stereocenters. The van der Waals surface area contributed by atoms with E-state index in [9.17, 15) is 13.2 Å². The molecule has 0 radical (unpaired) electrons. The monoisotopic (exact) mass is 437 g/mol. The van der Waals surface area contributed by atoms with Crippen molar-refractivity contribution in [1.82, 2.24) is 9.71 Å². The summed E-state index contributed by atoms with van der Waals surface area (Å²) in [5.41, 5.74) is 10.0. The quantitative estimate of drug-likeness (QED) is 0.590. The molecular weight excluding hydrogens is 410 g/mol. The zero-order chi connectivity index (χ0) is 23.0. The Kier molecular flexibility index (Phi) is 5.91. The van der Waals surface area contributed by atoms with Crippen molar-refractivity contribution >= 4 is 21.6 Å². The molecule has 0 unspecified atom stereocenters. The smallest absolute Gasteiger partial charge is 0.267 e. The number of nitrogens with two attached hydrogens (primary N) is 1. The largest absolute Gasteiger partial charge is 0.399 e. The highest BCUT2D eigenvalue weighted by Crippen LogP contribution is 2.30. The Labute approximate surface area is 183 Å². The van der Waals surface area contributed by atoms with Crippen LogP contribution in [0.15, 0.2) is 59.5 Å². The van der Waals surface area contributed by atoms with Crippen LogP contribution >= 0.6 is 0 Å². The normalized spacial score (nSPS) is 11.9. The van der Waals surface area contributed by atoms with Crippen LogP contribution in [0.3, 0.4) is 0 Å². The molecule has 0 saturated heterocycles. The number of carbonyl (C=O) groups is 1. The summed E-state index contributed by atoms with van der Waals surface area (Å²) in [5.74, 6) is -0.745. The molecule has 7 heteroatoms. The summed E-state index contributed by atoms with van der Waals surface area (Å²) < 4.78 is 27.6. The minimum absolute atomic E-state index is 0.0758. The molecule has 31 heavy (non-hydrogen) atoms. The van der Waals surface area contributed by atoms with E-state index >= 15 is 0 Å². The standard InChI is InChI=1S/C24H27N3O3S/c1-15-9-10-19(16(2)13-15)22-20(11-12-21(26-22)24(3,4)5)23(28)27-31(29,30)18-8-6-7-17(25)14-18/h6-14H,25H2,1-5H3,(H,27,28). The molecule has 1 aromatic heterocycles. The number of nitrogen functional groups attached to an aromatic ring is 1. The maximum absolute atomic E-state index is 13.1. The van der Waals surface area contributed by atoms with Crippen molar-refractivity contribution in [2.24, 2.45) is 0 Å². The van der Waals surface area contributed by atoms with E-state index in [-0.39, 0.29) is 15.9 Å². The topological polar surface area (TPSA) is 102 Å². The van der Waals surface area contributed by atoms with Gasteiger partial charge in [0.2, 0.25) is 0 Å². The van der Waals surface area contributed by atoms with Gasteiger partial charge in [0.25, 0.3) is 15.9 Å². The molecule has 0 aliphatic rings. The van der Waals surface area contributed by atoms with Gasteiger partial charge in [-0.25, -0.2) is 13.1 Å². The predicted octanol–water partition coefficient (Wildman–Crippen LogP) is 4.36. The lowest BCUT2D eigenvalue weighted by Gasteiger charge is -2.21. The number of hydrogen-bond acceptors (Lipinski definition) is 5. The molecule has 0 bridgehead atoms. The molecule has 1 amide bonds. The van der Waals surface area contributed by atoms with E-state index in [1.165, 1.54) is 18.2 Å². The highest BCUT2D eigenvalue weighted by Gasteiger charge is 2.25. The summed E-state index contributed by atoms with van der Waals surface area (Å²) in [6.07, 6.45) is 0. The molecule has 1 heterocycles. The molecule has 6 nitrogen and oxygen atoms in total. The maximum Gasteiger partial charge on any atom is 0.267 e. The minimum atomic E-state index is -4.09. The number of nitrogens with zero attached hydrogens (tertiary/aromatic N) is 1. The molecule has 3 rings (SSSR count). The molecule has 0 saturated carbocycles. The van der Waals surface area contributed by atoms with Gasteiger partial charge in [-0.15, -0.1) is 0 Å². The van der Waals surface area contributed by atoms with Crippen molar-refractivity contribution in [2.45, 2.75) is 44.9 Å². The van der Waals surface area contributed by atoms with Gasteiger partial charge in [-0.1, -0.05) is 50.6 Å². The van der Waals surface area contributed by atoms with E-state index < -0.39 is 15.9 Å². The van der Waals surface area contributed by atoms with Crippen LogP contribution in [-0.4, -0.2) is 19.3 Å². The van der Waals surface area contributed by atoms with E-state index in [1.54, 1.807) is 18.2 Å². The molecule has 3 aromatic rings. The van der Waals surface area contributed by atoms with Gasteiger partial charge < -0.3 is 5.73 Å². The van der Waals surface area contributed by atoms with Gasteiger partial charge in [0, 0.05) is 22.4 Å². The SMILES string of the molecule is Cc1ccc(-c2nc(C(C)(C)C)ccc2C(=O)NS(=O)(=O)c2cccc(N)c2)c(C)c1. The lowest BCUT2D eigenvalue weighted by Crippen LogP contribution is -2.31. The summed E-state index contributed by atoms with van der Waals surface area (Å²) >= 11 is 0. The number of nitrogens with one attached hydrogen (secondary N) is 1. The number of aryl methyl sites for hydroxylation is 2. The zero-order valence-corrected chi connectivity index (χ0v) is 19.2. The van der Waals surface area contributed by atoms with Crippen LogP contribution in [0.25, 0.3) is 11.3 Å². The van der Waals surface area contributed by atoms with Crippen molar-refractivity contribution in [3.63, 3.8) is 0 Å². The Morgan fingerprint density at radius 1 is 1.00 bits per heavy atom. The van der Waals surface area contributed by atoms with Crippen molar-refractivity contribution in [1.29, 1.82) is 0 Å². The summed E-state index contributed by atoms with van der Waals surface area (Å²) in [7, 11) is -4.09. The molecule has 162 valence electrons. The van der Waals surface area contributed by atoms with Crippen molar-refractivity contribution in [2.75, 3.05) is 5.73 Å². The Morgan fingerprint density at radius 2 is 1.71 bits per heavy atom. The highest BCUT2D eigenvalue weighted by molar-refractivity contribution is 7.90. The third-order valence-corrected chi connectivity index (χ3v) is 6.27. The average Bonchev–Trinajstić information content (AvgIpc) is 2.66. The van der Waals surface area contributed by atoms with Gasteiger partial charge in [-0.05, 0) is 49.7 Å². The third-order valence-electron chi connectivity index (χ3n) is 4.94. The Morgan fingerprint density at radius 3 is 2.32 bits per heavy atom. The van der Waals surface area contributed by atoms with Crippen LogP contribution in [0.2, 0.25) is 0 Å². The van der Waals surface area contributed by atoms with E-state index in [0.717, 1.165) is 22.4 Å². The van der Waals surface area contributed by atoms with E-state index in [4.69, 9.17) is 10.7 Å². The molecule has 3 N–H and O–H groups in total. The fraction of sp³-hybridized carbons (Fsp3) is 0.250. The van der Waals surface area contributed by atoms with Gasteiger partial charge >= 0.3 is 0 Å². The van der Waals surface area contributed by atoms with Crippen LogP contribution in [0.5, 0.6) is 0 Å². The molecule has 0 aliphatic carbocycles. The number of anilines is 1. The van der Waals surface area contributed by atoms with Crippen LogP contribution in [0.4, 0.5) is 5.69 Å². The first-order valence-electron chi connectivity index (χ1n) is 9.90. The van der Waals surface area contributed by atoms with E-state index in [1.807, 2.05) is 52.8 Å². The lowest BCUT2D eigenvalue weighted by molar-refractivity contribution is 0.0981. The fourth-order valence-electron chi connectivity index (χ4n) is 3.26. The molecular formula is C24H27N3O3S. The van der Waals surface area contributed by atoms with Crippen molar-refractivity contribution < 1.29 is 13.2 Å². The minimum Gasteiger partial charge on any atom is -0.399 e. The number of carbonyl (C=O) groups excluding carboxylic acids is 1. The predicted molar refractivity (Wildman–Crippen MR) is 123 cm³/mol.